The van der Waals surface area contributed by atoms with Gasteiger partial charge in [0.1, 0.15) is 16.9 Å². The zero-order valence-electron chi connectivity index (χ0n) is 16.7. The van der Waals surface area contributed by atoms with Gasteiger partial charge in [0, 0.05) is 43.9 Å². The maximum absolute atomic E-state index is 15.1. The van der Waals surface area contributed by atoms with Gasteiger partial charge in [-0.25, -0.2) is 9.18 Å². The third-order valence-electron chi connectivity index (χ3n) is 6.87. The van der Waals surface area contributed by atoms with E-state index in [9.17, 15) is 9.90 Å². The van der Waals surface area contributed by atoms with Crippen molar-refractivity contribution >= 4 is 28.9 Å². The first-order chi connectivity index (χ1) is 14.5. The van der Waals surface area contributed by atoms with Gasteiger partial charge in [0.15, 0.2) is 0 Å². The van der Waals surface area contributed by atoms with Crippen LogP contribution in [0.5, 0.6) is 0 Å². The van der Waals surface area contributed by atoms with Gasteiger partial charge in [-0.1, -0.05) is 41.9 Å². The molecule has 5 rings (SSSR count). The van der Waals surface area contributed by atoms with Gasteiger partial charge in [-0.3, -0.25) is 0 Å². The lowest BCUT2D eigenvalue weighted by molar-refractivity contribution is -0.139. The number of carboxylic acid groups (broad SMARTS) is 1. The molecular formula is C23H25ClFN3O2. The Labute approximate surface area is 180 Å². The topological polar surface area (TPSA) is 55.8 Å². The number of piperazine rings is 1. The number of nitrogens with one attached hydrogen (secondary N) is 1. The van der Waals surface area contributed by atoms with E-state index in [2.05, 4.69) is 22.3 Å². The summed E-state index contributed by atoms with van der Waals surface area (Å²) in [6, 6.07) is 11.1. The van der Waals surface area contributed by atoms with Crippen molar-refractivity contribution in [1.29, 1.82) is 0 Å². The maximum atomic E-state index is 15.1. The second kappa shape index (κ2) is 7.43. The average Bonchev–Trinajstić information content (AvgIpc) is 3.10. The van der Waals surface area contributed by atoms with Gasteiger partial charge in [-0.2, -0.15) is 0 Å². The van der Waals surface area contributed by atoms with Crippen LogP contribution < -0.4 is 15.1 Å². The Balaban J connectivity index is 1.69. The minimum atomic E-state index is -0.876. The first kappa shape index (κ1) is 19.6. The number of hydrogen-bond acceptors (Lipinski definition) is 4. The highest BCUT2D eigenvalue weighted by atomic mass is 35.5. The van der Waals surface area contributed by atoms with Gasteiger partial charge in [-0.05, 0) is 30.9 Å². The number of fused-ring (bicyclic) bond motifs is 3. The van der Waals surface area contributed by atoms with E-state index in [0.29, 0.717) is 25.1 Å². The van der Waals surface area contributed by atoms with E-state index in [1.54, 1.807) is 0 Å². The Morgan fingerprint density at radius 1 is 1.23 bits per heavy atom. The summed E-state index contributed by atoms with van der Waals surface area (Å²) in [4.78, 5) is 16.1. The second-order valence-electron chi connectivity index (χ2n) is 8.46. The maximum Gasteiger partial charge on any atom is 0.326 e. The van der Waals surface area contributed by atoms with Gasteiger partial charge < -0.3 is 20.2 Å². The van der Waals surface area contributed by atoms with Crippen molar-refractivity contribution in [2.75, 3.05) is 36.0 Å². The number of carboxylic acids is 1. The minimum absolute atomic E-state index is 0.0397. The zero-order valence-corrected chi connectivity index (χ0v) is 17.5. The third-order valence-corrected chi connectivity index (χ3v) is 7.23. The molecule has 0 radical (unpaired) electrons. The molecule has 0 aromatic heterocycles. The van der Waals surface area contributed by atoms with Crippen LogP contribution >= 0.6 is 11.6 Å². The van der Waals surface area contributed by atoms with E-state index in [-0.39, 0.29) is 10.6 Å². The molecular weight excluding hydrogens is 405 g/mol. The van der Waals surface area contributed by atoms with E-state index >= 15 is 4.39 Å². The molecule has 2 saturated heterocycles. The number of benzene rings is 2. The Morgan fingerprint density at radius 2 is 2.03 bits per heavy atom. The molecule has 5 nitrogen and oxygen atoms in total. The molecule has 0 saturated carbocycles. The number of anilines is 2. The average molecular weight is 430 g/mol. The molecule has 2 aromatic rings. The minimum Gasteiger partial charge on any atom is -0.480 e. The van der Waals surface area contributed by atoms with Crippen molar-refractivity contribution in [2.24, 2.45) is 0 Å². The van der Waals surface area contributed by atoms with Crippen LogP contribution in [0, 0.1) is 5.82 Å². The predicted molar refractivity (Wildman–Crippen MR) is 116 cm³/mol. The van der Waals surface area contributed by atoms with Crippen LogP contribution in [0.25, 0.3) is 0 Å². The number of hydrogen-bond donors (Lipinski definition) is 2. The summed E-state index contributed by atoms with van der Waals surface area (Å²) in [5.41, 5.74) is 3.21. The molecule has 2 N–H and O–H groups in total. The second-order valence-corrected chi connectivity index (χ2v) is 8.84. The lowest BCUT2D eigenvalue weighted by atomic mass is 9.84. The van der Waals surface area contributed by atoms with Crippen molar-refractivity contribution in [1.82, 2.24) is 5.32 Å². The van der Waals surface area contributed by atoms with Gasteiger partial charge in [0.25, 0.3) is 0 Å². The highest BCUT2D eigenvalue weighted by Crippen LogP contribution is 2.52. The molecule has 0 spiro atoms. The van der Waals surface area contributed by atoms with Crippen molar-refractivity contribution < 1.29 is 14.3 Å². The lowest BCUT2D eigenvalue weighted by Crippen LogP contribution is -2.57. The molecule has 1 unspecified atom stereocenters. The summed E-state index contributed by atoms with van der Waals surface area (Å²) >= 11 is 6.53. The van der Waals surface area contributed by atoms with Gasteiger partial charge in [-0.15, -0.1) is 0 Å². The largest absolute Gasteiger partial charge is 0.480 e. The third kappa shape index (κ3) is 2.88. The summed E-state index contributed by atoms with van der Waals surface area (Å²) in [7, 11) is 0. The van der Waals surface area contributed by atoms with Crippen molar-refractivity contribution in [3.05, 3.63) is 58.4 Å². The van der Waals surface area contributed by atoms with Crippen LogP contribution in [-0.2, 0) is 16.8 Å². The van der Waals surface area contributed by atoms with Crippen LogP contribution in [0.2, 0.25) is 5.02 Å². The van der Waals surface area contributed by atoms with Crippen molar-refractivity contribution in [3.63, 3.8) is 0 Å². The molecule has 7 heteroatoms. The van der Waals surface area contributed by atoms with Crippen LogP contribution in [0.3, 0.4) is 0 Å². The number of halogens is 2. The Morgan fingerprint density at radius 3 is 2.80 bits per heavy atom. The van der Waals surface area contributed by atoms with Crippen LogP contribution in [0.4, 0.5) is 15.8 Å². The van der Waals surface area contributed by atoms with Gasteiger partial charge in [0.05, 0.1) is 11.2 Å². The van der Waals surface area contributed by atoms with E-state index < -0.39 is 17.8 Å². The summed E-state index contributed by atoms with van der Waals surface area (Å²) in [6.45, 7) is 2.88. The Kier molecular flexibility index (Phi) is 4.86. The summed E-state index contributed by atoms with van der Waals surface area (Å²) in [5, 5.41) is 13.4. The molecule has 0 aliphatic carbocycles. The monoisotopic (exact) mass is 429 g/mol. The fourth-order valence-corrected chi connectivity index (χ4v) is 5.79. The van der Waals surface area contributed by atoms with Crippen molar-refractivity contribution in [2.45, 2.75) is 37.3 Å². The first-order valence-electron chi connectivity index (χ1n) is 10.6. The zero-order chi connectivity index (χ0) is 20.9. The standard InChI is InChI=1S/C23H25ClFN3O2/c24-20-17(25)12-19-16(21(20)27-10-5-4-8-18(27)22(29)30)13-23(14-26-9-11-28(19)23)15-6-2-1-3-7-15/h1-3,6-7,12,18,26H,4-5,8-11,13-14H2,(H,29,30)/t18-,23?/m1/s1. The molecule has 30 heavy (non-hydrogen) atoms. The first-order valence-corrected chi connectivity index (χ1v) is 10.9. The summed E-state index contributed by atoms with van der Waals surface area (Å²) in [6.07, 6.45) is 2.94. The van der Waals surface area contributed by atoms with Gasteiger partial charge >= 0.3 is 5.97 Å². The molecule has 2 aromatic carbocycles. The molecule has 2 fully saturated rings. The molecule has 0 bridgehead atoms. The number of aliphatic carboxylic acids is 1. The molecule has 2 atom stereocenters. The quantitative estimate of drug-likeness (QED) is 0.777. The predicted octanol–water partition coefficient (Wildman–Crippen LogP) is 3.78. The molecule has 3 aliphatic rings. The van der Waals surface area contributed by atoms with Gasteiger partial charge in [0.2, 0.25) is 0 Å². The molecule has 158 valence electrons. The number of piperidine rings is 1. The number of rotatable bonds is 3. The van der Waals surface area contributed by atoms with E-state index in [1.807, 2.05) is 23.1 Å². The highest BCUT2D eigenvalue weighted by molar-refractivity contribution is 6.34. The van der Waals surface area contributed by atoms with Crippen LogP contribution in [-0.4, -0.2) is 43.3 Å². The Hall–Kier alpha value is -2.31. The number of carbonyl (C=O) groups is 1. The molecule has 0 amide bonds. The van der Waals surface area contributed by atoms with Crippen LogP contribution in [0.1, 0.15) is 30.4 Å². The number of nitrogens with zero attached hydrogens (tertiary/aromatic N) is 2. The van der Waals surface area contributed by atoms with E-state index in [1.165, 1.54) is 11.6 Å². The Bertz CT molecular complexity index is 986. The highest BCUT2D eigenvalue weighted by Gasteiger charge is 2.49. The van der Waals surface area contributed by atoms with E-state index in [0.717, 1.165) is 43.7 Å². The SMILES string of the molecule is O=C(O)[C@H]1CCCCN1c1c(Cl)c(F)cc2c1CC1(c3ccccc3)CNCCN21. The smallest absolute Gasteiger partial charge is 0.326 e. The molecule has 3 aliphatic heterocycles. The van der Waals surface area contributed by atoms with Crippen LogP contribution in [0.15, 0.2) is 36.4 Å². The fraction of sp³-hybridized carbons (Fsp3) is 0.435. The summed E-state index contributed by atoms with van der Waals surface area (Å²) < 4.78 is 15.1. The van der Waals surface area contributed by atoms with E-state index in [4.69, 9.17) is 11.6 Å². The molecule has 3 heterocycles. The van der Waals surface area contributed by atoms with Crippen molar-refractivity contribution in [3.8, 4) is 0 Å². The summed E-state index contributed by atoms with van der Waals surface area (Å²) in [5.74, 6) is -1.36. The lowest BCUT2D eigenvalue weighted by Gasteiger charge is -2.45. The fourth-order valence-electron chi connectivity index (χ4n) is 5.51. The normalized spacial score (nSPS) is 25.7.